The van der Waals surface area contributed by atoms with Crippen LogP contribution in [0.2, 0.25) is 0 Å². The van der Waals surface area contributed by atoms with Crippen molar-refractivity contribution in [3.8, 4) is 0 Å². The van der Waals surface area contributed by atoms with Crippen LogP contribution in [0.5, 0.6) is 0 Å². The number of alkyl carbamates (subject to hydrolysis) is 1. The third-order valence-corrected chi connectivity index (χ3v) is 5.22. The van der Waals surface area contributed by atoms with E-state index in [-0.39, 0.29) is 18.3 Å². The zero-order chi connectivity index (χ0) is 19.9. The number of nitrogens with one attached hydrogen (secondary N) is 2. The Labute approximate surface area is 166 Å². The zero-order valence-corrected chi connectivity index (χ0v) is 16.7. The molecule has 1 amide bonds. The number of fused-ring (bicyclic) bond motifs is 1. The first-order valence-electron chi connectivity index (χ1n) is 10.2. The summed E-state index contributed by atoms with van der Waals surface area (Å²) in [6, 6.07) is 9.36. The highest BCUT2D eigenvalue weighted by molar-refractivity contribution is 5.68. The topological polar surface area (TPSA) is 89.1 Å². The van der Waals surface area contributed by atoms with Crippen molar-refractivity contribution in [3.63, 3.8) is 0 Å². The average Bonchev–Trinajstić information content (AvgIpc) is 3.27. The Hall–Kier alpha value is -1.67. The predicted octanol–water partition coefficient (Wildman–Crippen LogP) is 1.69. The van der Waals surface area contributed by atoms with E-state index in [1.165, 1.54) is 0 Å². The fourth-order valence-electron chi connectivity index (χ4n) is 3.68. The minimum absolute atomic E-state index is 0.0935. The first kappa shape index (κ1) is 21.0. The van der Waals surface area contributed by atoms with E-state index >= 15 is 0 Å². The number of amides is 1. The Kier molecular flexibility index (Phi) is 7.67. The summed E-state index contributed by atoms with van der Waals surface area (Å²) < 4.78 is 16.6. The second kappa shape index (κ2) is 10.2. The first-order valence-corrected chi connectivity index (χ1v) is 10.2. The number of benzene rings is 1. The standard InChI is InChI=1S/C21H32N2O5/c1-14(2)11-22-12-18(24)17(10-15-6-4-3-5-7-15)23-21(25)28-19-13-27-20-16(19)8-9-26-20/h3-7,14,16-20,22,24H,8-13H2,1-2H3,(H,23,25)/t16-,17-,18+,19?,20+/m0/s1. The summed E-state index contributed by atoms with van der Waals surface area (Å²) in [6.07, 6.45) is -0.460. The van der Waals surface area contributed by atoms with Gasteiger partial charge in [-0.05, 0) is 30.9 Å². The van der Waals surface area contributed by atoms with Crippen molar-refractivity contribution in [1.29, 1.82) is 0 Å². The molecule has 5 atom stereocenters. The van der Waals surface area contributed by atoms with Gasteiger partial charge < -0.3 is 30.0 Å². The van der Waals surface area contributed by atoms with E-state index < -0.39 is 18.2 Å². The Morgan fingerprint density at radius 2 is 2.04 bits per heavy atom. The molecular weight excluding hydrogens is 360 g/mol. The number of hydrogen-bond donors (Lipinski definition) is 3. The Morgan fingerprint density at radius 1 is 1.25 bits per heavy atom. The van der Waals surface area contributed by atoms with Crippen LogP contribution in [0.4, 0.5) is 4.79 Å². The zero-order valence-electron chi connectivity index (χ0n) is 16.7. The summed E-state index contributed by atoms with van der Waals surface area (Å²) in [5.74, 6) is 0.581. The minimum atomic E-state index is -0.728. The lowest BCUT2D eigenvalue weighted by atomic mass is 10.0. The lowest BCUT2D eigenvalue weighted by Gasteiger charge is -2.26. The Balaban J connectivity index is 1.56. The molecule has 1 aromatic rings. The van der Waals surface area contributed by atoms with Gasteiger partial charge in [-0.15, -0.1) is 0 Å². The van der Waals surface area contributed by atoms with Crippen molar-refractivity contribution < 1.29 is 24.1 Å². The van der Waals surface area contributed by atoms with Gasteiger partial charge in [-0.25, -0.2) is 4.79 Å². The van der Waals surface area contributed by atoms with Crippen LogP contribution in [0.3, 0.4) is 0 Å². The number of aliphatic hydroxyl groups is 1. The molecule has 0 saturated carbocycles. The van der Waals surface area contributed by atoms with Gasteiger partial charge in [0.15, 0.2) is 6.29 Å². The molecule has 1 aromatic carbocycles. The molecule has 156 valence electrons. The van der Waals surface area contributed by atoms with E-state index in [0.29, 0.717) is 32.1 Å². The molecule has 28 heavy (non-hydrogen) atoms. The van der Waals surface area contributed by atoms with E-state index in [4.69, 9.17) is 14.2 Å². The molecule has 0 bridgehead atoms. The Bertz CT molecular complexity index is 612. The van der Waals surface area contributed by atoms with Gasteiger partial charge in [0.25, 0.3) is 0 Å². The van der Waals surface area contributed by atoms with Crippen molar-refractivity contribution in [3.05, 3.63) is 35.9 Å². The van der Waals surface area contributed by atoms with E-state index in [1.807, 2.05) is 30.3 Å². The number of rotatable bonds is 9. The highest BCUT2D eigenvalue weighted by atomic mass is 16.7. The molecule has 2 heterocycles. The van der Waals surface area contributed by atoms with Gasteiger partial charge in [-0.2, -0.15) is 0 Å². The monoisotopic (exact) mass is 392 g/mol. The second-order valence-electron chi connectivity index (χ2n) is 8.03. The van der Waals surface area contributed by atoms with Crippen molar-refractivity contribution >= 4 is 6.09 Å². The van der Waals surface area contributed by atoms with Gasteiger partial charge >= 0.3 is 6.09 Å². The van der Waals surface area contributed by atoms with Gasteiger partial charge in [0.05, 0.1) is 31.3 Å². The largest absolute Gasteiger partial charge is 0.443 e. The third-order valence-electron chi connectivity index (χ3n) is 5.22. The summed E-state index contributed by atoms with van der Waals surface area (Å²) in [5, 5.41) is 16.8. The van der Waals surface area contributed by atoms with Crippen molar-refractivity contribution in [2.45, 2.75) is 51.2 Å². The van der Waals surface area contributed by atoms with Crippen molar-refractivity contribution in [2.75, 3.05) is 26.3 Å². The minimum Gasteiger partial charge on any atom is -0.443 e. The molecule has 2 fully saturated rings. The van der Waals surface area contributed by atoms with Crippen LogP contribution in [-0.2, 0) is 20.6 Å². The summed E-state index contributed by atoms with van der Waals surface area (Å²) in [5.41, 5.74) is 1.05. The molecule has 2 saturated heterocycles. The average molecular weight is 392 g/mol. The maximum absolute atomic E-state index is 12.5. The summed E-state index contributed by atoms with van der Waals surface area (Å²) >= 11 is 0. The highest BCUT2D eigenvalue weighted by Crippen LogP contribution is 2.32. The molecular formula is C21H32N2O5. The third kappa shape index (κ3) is 5.91. The maximum atomic E-state index is 12.5. The molecule has 7 heteroatoms. The molecule has 2 aliphatic rings. The first-order chi connectivity index (χ1) is 13.5. The van der Waals surface area contributed by atoms with Gasteiger partial charge in [0.2, 0.25) is 0 Å². The molecule has 7 nitrogen and oxygen atoms in total. The molecule has 0 spiro atoms. The second-order valence-corrected chi connectivity index (χ2v) is 8.03. The predicted molar refractivity (Wildman–Crippen MR) is 105 cm³/mol. The van der Waals surface area contributed by atoms with E-state index in [1.54, 1.807) is 0 Å². The number of ether oxygens (including phenoxy) is 3. The van der Waals surface area contributed by atoms with Crippen LogP contribution < -0.4 is 10.6 Å². The molecule has 3 rings (SSSR count). The van der Waals surface area contributed by atoms with Gasteiger partial charge in [0.1, 0.15) is 6.10 Å². The molecule has 2 aliphatic heterocycles. The smallest absolute Gasteiger partial charge is 0.407 e. The SMILES string of the molecule is CC(C)CNC[C@@H](O)[C@H](Cc1ccccc1)NC(=O)OC1CO[C@H]2OCC[C@@H]12. The number of hydrogen-bond acceptors (Lipinski definition) is 6. The van der Waals surface area contributed by atoms with E-state index in [0.717, 1.165) is 18.5 Å². The van der Waals surface area contributed by atoms with Crippen LogP contribution in [0.15, 0.2) is 30.3 Å². The molecule has 3 N–H and O–H groups in total. The van der Waals surface area contributed by atoms with Crippen LogP contribution in [0.25, 0.3) is 0 Å². The quantitative estimate of drug-likeness (QED) is 0.593. The number of carbonyl (C=O) groups excluding carboxylic acids is 1. The normalized spacial score (nSPS) is 26.1. The summed E-state index contributed by atoms with van der Waals surface area (Å²) in [4.78, 5) is 12.5. The van der Waals surface area contributed by atoms with E-state index in [2.05, 4.69) is 24.5 Å². The number of aliphatic hydroxyl groups excluding tert-OH is 1. The fraction of sp³-hybridized carbons (Fsp3) is 0.667. The van der Waals surface area contributed by atoms with Gasteiger partial charge in [-0.3, -0.25) is 0 Å². The van der Waals surface area contributed by atoms with Crippen LogP contribution in [-0.4, -0.2) is 62.0 Å². The molecule has 0 aromatic heterocycles. The van der Waals surface area contributed by atoms with Crippen molar-refractivity contribution in [1.82, 2.24) is 10.6 Å². The molecule has 0 radical (unpaired) electrons. The molecule has 0 aliphatic carbocycles. The lowest BCUT2D eigenvalue weighted by Crippen LogP contribution is -2.50. The maximum Gasteiger partial charge on any atom is 0.407 e. The lowest BCUT2D eigenvalue weighted by molar-refractivity contribution is -0.0907. The summed E-state index contributed by atoms with van der Waals surface area (Å²) in [7, 11) is 0. The van der Waals surface area contributed by atoms with Gasteiger partial charge in [-0.1, -0.05) is 44.2 Å². The fourth-order valence-corrected chi connectivity index (χ4v) is 3.68. The highest BCUT2D eigenvalue weighted by Gasteiger charge is 2.44. The van der Waals surface area contributed by atoms with Crippen molar-refractivity contribution in [2.24, 2.45) is 11.8 Å². The van der Waals surface area contributed by atoms with E-state index in [9.17, 15) is 9.90 Å². The molecule has 1 unspecified atom stereocenters. The number of carbonyl (C=O) groups is 1. The van der Waals surface area contributed by atoms with Gasteiger partial charge in [0, 0.05) is 6.54 Å². The van der Waals surface area contributed by atoms with Crippen LogP contribution in [0, 0.1) is 11.8 Å². The Morgan fingerprint density at radius 3 is 2.79 bits per heavy atom. The van der Waals surface area contributed by atoms with Crippen LogP contribution in [0.1, 0.15) is 25.8 Å². The summed E-state index contributed by atoms with van der Waals surface area (Å²) in [6.45, 7) is 6.42. The van der Waals surface area contributed by atoms with Crippen LogP contribution >= 0.6 is 0 Å².